The summed E-state index contributed by atoms with van der Waals surface area (Å²) in [6.07, 6.45) is 3.49. The van der Waals surface area contributed by atoms with Crippen LogP contribution in [0.2, 0.25) is 5.02 Å². The van der Waals surface area contributed by atoms with Gasteiger partial charge in [-0.25, -0.2) is 4.98 Å². The molecule has 1 amide bonds. The molecule has 1 unspecified atom stereocenters. The van der Waals surface area contributed by atoms with Crippen LogP contribution in [0.15, 0.2) is 18.3 Å². The van der Waals surface area contributed by atoms with Crippen LogP contribution in [0.4, 0.5) is 0 Å². The van der Waals surface area contributed by atoms with Crippen LogP contribution in [0.25, 0.3) is 0 Å². The number of hydrogen-bond donors (Lipinski definition) is 1. The molecule has 7 heteroatoms. The average Bonchev–Trinajstić information content (AvgIpc) is 2.90. The Bertz CT molecular complexity index is 408. The van der Waals surface area contributed by atoms with E-state index in [1.54, 1.807) is 12.1 Å². The van der Waals surface area contributed by atoms with Crippen LogP contribution in [-0.2, 0) is 0 Å². The van der Waals surface area contributed by atoms with E-state index < -0.39 is 0 Å². The van der Waals surface area contributed by atoms with Crippen molar-refractivity contribution in [3.8, 4) is 0 Å². The van der Waals surface area contributed by atoms with Gasteiger partial charge in [-0.15, -0.1) is 24.8 Å². The maximum Gasteiger partial charge on any atom is 0.272 e. The number of rotatable bonds is 4. The van der Waals surface area contributed by atoms with Gasteiger partial charge in [0.2, 0.25) is 0 Å². The second-order valence-electron chi connectivity index (χ2n) is 4.51. The Kier molecular flexibility index (Phi) is 9.14. The normalized spacial score (nSPS) is 17.0. The number of carbonyl (C=O) groups excluding carboxylic acids is 1. The zero-order chi connectivity index (χ0) is 13.0. The van der Waals surface area contributed by atoms with Crippen molar-refractivity contribution < 1.29 is 4.79 Å². The first kappa shape index (κ1) is 19.4. The summed E-state index contributed by atoms with van der Waals surface area (Å²) < 4.78 is 0. The predicted octanol–water partition coefficient (Wildman–Crippen LogP) is 2.79. The molecule has 2 heterocycles. The fraction of sp³-hybridized carbons (Fsp3) is 0.538. The third-order valence-corrected chi connectivity index (χ3v) is 3.37. The summed E-state index contributed by atoms with van der Waals surface area (Å²) in [5.41, 5.74) is 0.472. The van der Waals surface area contributed by atoms with Crippen LogP contribution in [0.1, 0.15) is 30.3 Å². The fourth-order valence-electron chi connectivity index (χ4n) is 2.25. The van der Waals surface area contributed by atoms with Gasteiger partial charge in [-0.1, -0.05) is 18.5 Å². The molecule has 1 saturated heterocycles. The molecule has 1 atom stereocenters. The molecule has 0 saturated carbocycles. The third-order valence-electron chi connectivity index (χ3n) is 3.15. The first-order chi connectivity index (χ1) is 8.72. The van der Waals surface area contributed by atoms with Crippen molar-refractivity contribution in [1.82, 2.24) is 15.2 Å². The van der Waals surface area contributed by atoms with Gasteiger partial charge in [0, 0.05) is 25.3 Å². The van der Waals surface area contributed by atoms with Gasteiger partial charge in [0.05, 0.1) is 5.02 Å². The zero-order valence-electron chi connectivity index (χ0n) is 11.3. The monoisotopic (exact) mass is 339 g/mol. The number of pyridine rings is 1. The summed E-state index contributed by atoms with van der Waals surface area (Å²) in [4.78, 5) is 18.5. The standard InChI is InChI=1S/C13H18ClN3O.2ClH/c1-2-7-17(11-5-6-15-9-11)13(18)12-4-3-10(14)8-16-12;;/h3-4,8,11,15H,2,5-7,9H2,1H3;2*1H. The van der Waals surface area contributed by atoms with E-state index >= 15 is 0 Å². The van der Waals surface area contributed by atoms with Crippen molar-refractivity contribution in [3.05, 3.63) is 29.0 Å². The summed E-state index contributed by atoms with van der Waals surface area (Å²) in [5, 5.41) is 3.84. The summed E-state index contributed by atoms with van der Waals surface area (Å²) in [6, 6.07) is 3.68. The predicted molar refractivity (Wildman–Crippen MR) is 86.3 cm³/mol. The molecular weight excluding hydrogens is 321 g/mol. The Hall–Kier alpha value is -0.550. The molecule has 4 nitrogen and oxygen atoms in total. The van der Waals surface area contributed by atoms with Crippen LogP contribution in [0.5, 0.6) is 0 Å². The number of halogens is 3. The molecule has 20 heavy (non-hydrogen) atoms. The number of nitrogens with zero attached hydrogens (tertiary/aromatic N) is 2. The van der Waals surface area contributed by atoms with E-state index in [-0.39, 0.29) is 36.8 Å². The molecule has 0 bridgehead atoms. The number of carbonyl (C=O) groups is 1. The summed E-state index contributed by atoms with van der Waals surface area (Å²) in [5.74, 6) is 0.00205. The largest absolute Gasteiger partial charge is 0.333 e. The van der Waals surface area contributed by atoms with E-state index in [0.717, 1.165) is 32.5 Å². The smallest absolute Gasteiger partial charge is 0.272 e. The SMILES string of the molecule is CCCN(C(=O)c1ccc(Cl)cn1)C1CCNC1.Cl.Cl. The van der Waals surface area contributed by atoms with E-state index in [0.29, 0.717) is 10.7 Å². The first-order valence-electron chi connectivity index (χ1n) is 6.35. The van der Waals surface area contributed by atoms with Gasteiger partial charge in [-0.2, -0.15) is 0 Å². The molecule has 0 radical (unpaired) electrons. The minimum Gasteiger partial charge on any atom is -0.333 e. The average molecular weight is 341 g/mol. The summed E-state index contributed by atoms with van der Waals surface area (Å²) in [7, 11) is 0. The fourth-order valence-corrected chi connectivity index (χ4v) is 2.36. The van der Waals surface area contributed by atoms with Gasteiger partial charge >= 0.3 is 0 Å². The second-order valence-corrected chi connectivity index (χ2v) is 4.94. The summed E-state index contributed by atoms with van der Waals surface area (Å²) in [6.45, 7) is 4.71. The van der Waals surface area contributed by atoms with Crippen molar-refractivity contribution in [2.45, 2.75) is 25.8 Å². The highest BCUT2D eigenvalue weighted by Crippen LogP contribution is 2.14. The molecule has 1 fully saturated rings. The molecule has 0 aliphatic carbocycles. The van der Waals surface area contributed by atoms with Crippen LogP contribution in [-0.4, -0.2) is 41.5 Å². The van der Waals surface area contributed by atoms with Gasteiger partial charge in [0.1, 0.15) is 5.69 Å². The molecule has 1 aromatic heterocycles. The topological polar surface area (TPSA) is 45.2 Å². The van der Waals surface area contributed by atoms with Crippen molar-refractivity contribution >= 4 is 42.3 Å². The maximum absolute atomic E-state index is 12.4. The minimum absolute atomic E-state index is 0. The van der Waals surface area contributed by atoms with Crippen molar-refractivity contribution in [3.63, 3.8) is 0 Å². The van der Waals surface area contributed by atoms with Crippen molar-refractivity contribution in [1.29, 1.82) is 0 Å². The Morgan fingerprint density at radius 2 is 2.25 bits per heavy atom. The van der Waals surface area contributed by atoms with E-state index in [4.69, 9.17) is 11.6 Å². The van der Waals surface area contributed by atoms with E-state index in [1.807, 2.05) is 4.90 Å². The molecule has 1 N–H and O–H groups in total. The number of amides is 1. The van der Waals surface area contributed by atoms with Crippen molar-refractivity contribution in [2.75, 3.05) is 19.6 Å². The maximum atomic E-state index is 12.4. The third kappa shape index (κ3) is 4.77. The molecule has 1 aliphatic rings. The van der Waals surface area contributed by atoms with E-state index in [9.17, 15) is 4.79 Å². The number of nitrogens with one attached hydrogen (secondary N) is 1. The van der Waals surface area contributed by atoms with Crippen LogP contribution >= 0.6 is 36.4 Å². The molecule has 1 aromatic rings. The Morgan fingerprint density at radius 1 is 1.50 bits per heavy atom. The van der Waals surface area contributed by atoms with Crippen LogP contribution in [0, 0.1) is 0 Å². The number of hydrogen-bond acceptors (Lipinski definition) is 3. The number of aromatic nitrogens is 1. The van der Waals surface area contributed by atoms with Crippen LogP contribution in [0.3, 0.4) is 0 Å². The molecule has 1 aliphatic heterocycles. The molecular formula is C13H20Cl3N3O. The Balaban J connectivity index is 0.00000180. The summed E-state index contributed by atoms with van der Waals surface area (Å²) >= 11 is 5.79. The van der Waals surface area contributed by atoms with Gasteiger partial charge in [-0.3, -0.25) is 4.79 Å². The van der Waals surface area contributed by atoms with E-state index in [1.165, 1.54) is 6.20 Å². The quantitative estimate of drug-likeness (QED) is 0.916. The van der Waals surface area contributed by atoms with Gasteiger partial charge in [-0.05, 0) is 31.5 Å². The zero-order valence-corrected chi connectivity index (χ0v) is 13.7. The molecule has 2 rings (SSSR count). The highest BCUT2D eigenvalue weighted by atomic mass is 35.5. The van der Waals surface area contributed by atoms with Gasteiger partial charge in [0.15, 0.2) is 0 Å². The molecule has 114 valence electrons. The lowest BCUT2D eigenvalue weighted by Crippen LogP contribution is -2.42. The lowest BCUT2D eigenvalue weighted by molar-refractivity contribution is 0.0686. The van der Waals surface area contributed by atoms with Crippen LogP contribution < -0.4 is 5.32 Å². The Morgan fingerprint density at radius 3 is 2.75 bits per heavy atom. The lowest BCUT2D eigenvalue weighted by Gasteiger charge is -2.27. The second kappa shape index (κ2) is 9.40. The molecule has 0 spiro atoms. The minimum atomic E-state index is 0. The van der Waals surface area contributed by atoms with Gasteiger partial charge in [0.25, 0.3) is 5.91 Å². The first-order valence-corrected chi connectivity index (χ1v) is 6.73. The molecule has 0 aromatic carbocycles. The highest BCUT2D eigenvalue weighted by Gasteiger charge is 2.27. The van der Waals surface area contributed by atoms with Gasteiger partial charge < -0.3 is 10.2 Å². The Labute approximate surface area is 137 Å². The van der Waals surface area contributed by atoms with Crippen molar-refractivity contribution in [2.24, 2.45) is 0 Å². The highest BCUT2D eigenvalue weighted by molar-refractivity contribution is 6.30. The van der Waals surface area contributed by atoms with E-state index in [2.05, 4.69) is 17.2 Å². The lowest BCUT2D eigenvalue weighted by atomic mass is 10.2.